The van der Waals surface area contributed by atoms with Gasteiger partial charge in [0.05, 0.1) is 4.92 Å². The molecule has 0 saturated heterocycles. The van der Waals surface area contributed by atoms with Gasteiger partial charge in [-0.15, -0.1) is 0 Å². The van der Waals surface area contributed by atoms with E-state index in [4.69, 9.17) is 4.52 Å². The summed E-state index contributed by atoms with van der Waals surface area (Å²) in [5.74, 6) is 0.122. The van der Waals surface area contributed by atoms with E-state index in [-0.39, 0.29) is 17.1 Å². The second-order valence-corrected chi connectivity index (χ2v) is 4.30. The highest BCUT2D eigenvalue weighted by Crippen LogP contribution is 2.23. The standard InChI is InChI=1S/C13H14N4O4/c1-3-14-9-4-5-11(17(19)20)10(7-9)13(18)15-12-6-8(2)21-16-12/h4-7,14H,3H2,1-2H3,(H,15,16,18). The van der Waals surface area contributed by atoms with Crippen LogP contribution in [-0.4, -0.2) is 22.5 Å². The van der Waals surface area contributed by atoms with Gasteiger partial charge in [-0.05, 0) is 26.0 Å². The quantitative estimate of drug-likeness (QED) is 0.646. The van der Waals surface area contributed by atoms with Gasteiger partial charge in [0.1, 0.15) is 11.3 Å². The van der Waals surface area contributed by atoms with Gasteiger partial charge in [-0.2, -0.15) is 0 Å². The lowest BCUT2D eigenvalue weighted by Gasteiger charge is -2.07. The van der Waals surface area contributed by atoms with Crippen molar-refractivity contribution in [2.75, 3.05) is 17.2 Å². The summed E-state index contributed by atoms with van der Waals surface area (Å²) in [6.07, 6.45) is 0. The molecule has 2 N–H and O–H groups in total. The summed E-state index contributed by atoms with van der Waals surface area (Å²) in [5, 5.41) is 20.1. The fourth-order valence-corrected chi connectivity index (χ4v) is 1.80. The van der Waals surface area contributed by atoms with Gasteiger partial charge in [0.25, 0.3) is 11.6 Å². The number of aromatic nitrogens is 1. The SMILES string of the molecule is CCNc1ccc([N+](=O)[O-])c(C(=O)Nc2cc(C)on2)c1. The van der Waals surface area contributed by atoms with E-state index in [1.54, 1.807) is 13.0 Å². The van der Waals surface area contributed by atoms with Gasteiger partial charge in [0, 0.05) is 24.4 Å². The topological polar surface area (TPSA) is 110 Å². The zero-order valence-electron chi connectivity index (χ0n) is 11.5. The Kier molecular flexibility index (Phi) is 4.17. The number of nitrogens with zero attached hydrogens (tertiary/aromatic N) is 2. The first-order valence-corrected chi connectivity index (χ1v) is 6.28. The molecule has 21 heavy (non-hydrogen) atoms. The number of benzene rings is 1. The molecule has 1 amide bonds. The Hall–Kier alpha value is -2.90. The number of carbonyl (C=O) groups is 1. The van der Waals surface area contributed by atoms with Crippen molar-refractivity contribution in [2.24, 2.45) is 0 Å². The summed E-state index contributed by atoms with van der Waals surface area (Å²) in [4.78, 5) is 22.6. The number of amides is 1. The molecule has 0 aliphatic rings. The van der Waals surface area contributed by atoms with Crippen LogP contribution in [0.4, 0.5) is 17.2 Å². The van der Waals surface area contributed by atoms with Gasteiger partial charge in [-0.3, -0.25) is 14.9 Å². The average Bonchev–Trinajstić information content (AvgIpc) is 2.84. The third-order valence-electron chi connectivity index (χ3n) is 2.69. The lowest BCUT2D eigenvalue weighted by molar-refractivity contribution is -0.385. The smallest absolute Gasteiger partial charge is 0.282 e. The monoisotopic (exact) mass is 290 g/mol. The first-order chi connectivity index (χ1) is 10.0. The van der Waals surface area contributed by atoms with E-state index in [0.29, 0.717) is 18.0 Å². The third kappa shape index (κ3) is 3.35. The highest BCUT2D eigenvalue weighted by atomic mass is 16.6. The lowest BCUT2D eigenvalue weighted by Crippen LogP contribution is -2.14. The highest BCUT2D eigenvalue weighted by Gasteiger charge is 2.21. The number of nitrogens with one attached hydrogen (secondary N) is 2. The number of anilines is 2. The van der Waals surface area contributed by atoms with Crippen molar-refractivity contribution >= 4 is 23.1 Å². The molecule has 1 heterocycles. The minimum atomic E-state index is -0.616. The van der Waals surface area contributed by atoms with Crippen LogP contribution in [0.1, 0.15) is 23.0 Å². The zero-order valence-corrected chi connectivity index (χ0v) is 11.5. The molecule has 1 aromatic heterocycles. The number of aryl methyl sites for hydroxylation is 1. The van der Waals surface area contributed by atoms with Gasteiger partial charge >= 0.3 is 0 Å². The van der Waals surface area contributed by atoms with E-state index in [1.807, 2.05) is 6.92 Å². The van der Waals surface area contributed by atoms with Crippen LogP contribution in [0.25, 0.3) is 0 Å². The molecule has 0 fully saturated rings. The van der Waals surface area contributed by atoms with Crippen molar-refractivity contribution in [3.05, 3.63) is 45.7 Å². The maximum atomic E-state index is 12.2. The molecule has 0 spiro atoms. The minimum Gasteiger partial charge on any atom is -0.385 e. The van der Waals surface area contributed by atoms with Crippen molar-refractivity contribution in [1.29, 1.82) is 0 Å². The van der Waals surface area contributed by atoms with Crippen LogP contribution in [0.15, 0.2) is 28.8 Å². The average molecular weight is 290 g/mol. The highest BCUT2D eigenvalue weighted by molar-refractivity contribution is 6.07. The van der Waals surface area contributed by atoms with Crippen molar-refractivity contribution in [3.63, 3.8) is 0 Å². The molecule has 0 atom stereocenters. The first kappa shape index (κ1) is 14.5. The number of hydrogen-bond donors (Lipinski definition) is 2. The van der Waals surface area contributed by atoms with Gasteiger partial charge in [-0.1, -0.05) is 5.16 Å². The van der Waals surface area contributed by atoms with Crippen LogP contribution in [0.3, 0.4) is 0 Å². The number of nitro groups is 1. The molecule has 0 aliphatic heterocycles. The largest absolute Gasteiger partial charge is 0.385 e. The molecule has 0 radical (unpaired) electrons. The normalized spacial score (nSPS) is 10.2. The van der Waals surface area contributed by atoms with Crippen molar-refractivity contribution < 1.29 is 14.2 Å². The van der Waals surface area contributed by atoms with E-state index >= 15 is 0 Å². The third-order valence-corrected chi connectivity index (χ3v) is 2.69. The van der Waals surface area contributed by atoms with Crippen LogP contribution in [0, 0.1) is 17.0 Å². The summed E-state index contributed by atoms with van der Waals surface area (Å²) in [6.45, 7) is 4.21. The van der Waals surface area contributed by atoms with Crippen LogP contribution in [-0.2, 0) is 0 Å². The molecule has 0 bridgehead atoms. The second kappa shape index (κ2) is 6.04. The molecule has 2 aromatic rings. The van der Waals surface area contributed by atoms with Gasteiger partial charge in [-0.25, -0.2) is 0 Å². The predicted octanol–water partition coefficient (Wildman–Crippen LogP) is 2.58. The number of rotatable bonds is 5. The Morgan fingerprint density at radius 1 is 1.43 bits per heavy atom. The summed E-state index contributed by atoms with van der Waals surface area (Å²) in [7, 11) is 0. The fraction of sp³-hybridized carbons (Fsp3) is 0.231. The summed E-state index contributed by atoms with van der Waals surface area (Å²) >= 11 is 0. The van der Waals surface area contributed by atoms with Crippen molar-refractivity contribution in [1.82, 2.24) is 5.16 Å². The van der Waals surface area contributed by atoms with Crippen molar-refractivity contribution in [3.8, 4) is 0 Å². The summed E-state index contributed by atoms with van der Waals surface area (Å²) in [5.41, 5.74) is 0.318. The Balaban J connectivity index is 2.32. The van der Waals surface area contributed by atoms with Crippen LogP contribution in [0.2, 0.25) is 0 Å². The number of nitro benzene ring substituents is 1. The lowest BCUT2D eigenvalue weighted by atomic mass is 10.1. The zero-order chi connectivity index (χ0) is 15.4. The molecule has 0 unspecified atom stereocenters. The van der Waals surface area contributed by atoms with E-state index in [9.17, 15) is 14.9 Å². The van der Waals surface area contributed by atoms with Gasteiger partial charge < -0.3 is 15.2 Å². The number of hydrogen-bond acceptors (Lipinski definition) is 6. The molecule has 1 aromatic carbocycles. The Labute approximate surface area is 120 Å². The Bertz CT molecular complexity index is 681. The molecular weight excluding hydrogens is 276 g/mol. The Morgan fingerprint density at radius 2 is 2.19 bits per heavy atom. The predicted molar refractivity (Wildman–Crippen MR) is 76.5 cm³/mol. The molecule has 110 valence electrons. The van der Waals surface area contributed by atoms with Crippen LogP contribution < -0.4 is 10.6 Å². The maximum Gasteiger partial charge on any atom is 0.282 e. The van der Waals surface area contributed by atoms with Gasteiger partial charge in [0.15, 0.2) is 5.82 Å². The van der Waals surface area contributed by atoms with E-state index in [0.717, 1.165) is 0 Å². The number of carbonyl (C=O) groups excluding carboxylic acids is 1. The van der Waals surface area contributed by atoms with Crippen molar-refractivity contribution in [2.45, 2.75) is 13.8 Å². The molecule has 8 nitrogen and oxygen atoms in total. The maximum absolute atomic E-state index is 12.2. The molecule has 2 rings (SSSR count). The fourth-order valence-electron chi connectivity index (χ4n) is 1.80. The minimum absolute atomic E-state index is 0.0425. The van der Waals surface area contributed by atoms with Crippen LogP contribution in [0.5, 0.6) is 0 Å². The van der Waals surface area contributed by atoms with E-state index in [2.05, 4.69) is 15.8 Å². The van der Waals surface area contributed by atoms with Crippen LogP contribution >= 0.6 is 0 Å². The molecule has 0 aliphatic carbocycles. The molecule has 8 heteroatoms. The Morgan fingerprint density at radius 3 is 2.76 bits per heavy atom. The first-order valence-electron chi connectivity index (χ1n) is 6.28. The summed E-state index contributed by atoms with van der Waals surface area (Å²) < 4.78 is 4.83. The molecular formula is C13H14N4O4. The van der Waals surface area contributed by atoms with Gasteiger partial charge in [0.2, 0.25) is 0 Å². The van der Waals surface area contributed by atoms with E-state index in [1.165, 1.54) is 18.2 Å². The van der Waals surface area contributed by atoms with E-state index < -0.39 is 10.8 Å². The second-order valence-electron chi connectivity index (χ2n) is 4.30. The molecule has 0 saturated carbocycles. The summed E-state index contributed by atoms with van der Waals surface area (Å²) in [6, 6.07) is 5.81.